The monoisotopic (exact) mass is 464 g/mol. The van der Waals surface area contributed by atoms with E-state index in [1.165, 1.54) is 15.6 Å². The lowest BCUT2D eigenvalue weighted by atomic mass is 9.99. The number of amides is 1. The minimum absolute atomic E-state index is 0.0295. The molecule has 1 fully saturated rings. The molecule has 4 rings (SSSR count). The molecule has 1 N–H and O–H groups in total. The summed E-state index contributed by atoms with van der Waals surface area (Å²) in [6.07, 6.45) is 1.22. The van der Waals surface area contributed by atoms with Crippen molar-refractivity contribution in [3.05, 3.63) is 53.7 Å². The number of benzene rings is 1. The molecule has 11 heteroatoms. The molecule has 3 aromatic rings. The predicted octanol–water partition coefficient (Wildman–Crippen LogP) is 3.46. The third-order valence-corrected chi connectivity index (χ3v) is 8.88. The molecule has 1 aliphatic heterocycles. The predicted molar refractivity (Wildman–Crippen MR) is 115 cm³/mol. The van der Waals surface area contributed by atoms with Gasteiger partial charge in [0.2, 0.25) is 11.8 Å². The number of piperidine rings is 1. The molecule has 1 aliphatic rings. The molecule has 0 bridgehead atoms. The number of thiophene rings is 1. The van der Waals surface area contributed by atoms with Gasteiger partial charge in [-0.3, -0.25) is 10.1 Å². The highest BCUT2D eigenvalue weighted by Gasteiger charge is 2.34. The largest absolute Gasteiger partial charge is 0.407 e. The fraction of sp³-hybridized carbons (Fsp3) is 0.316. The van der Waals surface area contributed by atoms with Crippen LogP contribution < -0.4 is 5.32 Å². The van der Waals surface area contributed by atoms with Gasteiger partial charge in [0.05, 0.1) is 11.7 Å². The number of thioether (sulfide) groups is 1. The van der Waals surface area contributed by atoms with Gasteiger partial charge in [-0.2, -0.15) is 4.31 Å². The third kappa shape index (κ3) is 4.91. The van der Waals surface area contributed by atoms with Crippen molar-refractivity contribution in [1.29, 1.82) is 0 Å². The van der Waals surface area contributed by atoms with E-state index in [4.69, 9.17) is 4.42 Å². The van der Waals surface area contributed by atoms with Crippen molar-refractivity contribution in [2.24, 2.45) is 5.92 Å². The molecular formula is C19H20N4O4S3. The second kappa shape index (κ2) is 9.29. The molecule has 0 spiro atoms. The molecule has 2 aromatic heterocycles. The van der Waals surface area contributed by atoms with Crippen LogP contribution in [-0.2, 0) is 20.6 Å². The Morgan fingerprint density at radius 3 is 2.83 bits per heavy atom. The highest BCUT2D eigenvalue weighted by atomic mass is 32.2. The smallest absolute Gasteiger partial charge is 0.322 e. The Labute approximate surface area is 182 Å². The van der Waals surface area contributed by atoms with Crippen LogP contribution in [0.1, 0.15) is 18.7 Å². The highest BCUT2D eigenvalue weighted by molar-refractivity contribution is 7.98. The van der Waals surface area contributed by atoms with E-state index in [0.29, 0.717) is 35.2 Å². The van der Waals surface area contributed by atoms with Gasteiger partial charge in [0.25, 0.3) is 10.0 Å². The van der Waals surface area contributed by atoms with Gasteiger partial charge in [-0.1, -0.05) is 29.4 Å². The van der Waals surface area contributed by atoms with E-state index in [0.717, 1.165) is 4.90 Å². The van der Waals surface area contributed by atoms with Crippen molar-refractivity contribution in [3.63, 3.8) is 0 Å². The summed E-state index contributed by atoms with van der Waals surface area (Å²) < 4.78 is 32.6. The van der Waals surface area contributed by atoms with Crippen LogP contribution in [0.25, 0.3) is 0 Å². The Kier molecular flexibility index (Phi) is 6.52. The van der Waals surface area contributed by atoms with E-state index < -0.39 is 15.9 Å². The number of carbonyl (C=O) groups is 1. The van der Waals surface area contributed by atoms with E-state index in [1.807, 2.05) is 30.3 Å². The minimum atomic E-state index is -3.57. The van der Waals surface area contributed by atoms with E-state index in [-0.39, 0.29) is 18.5 Å². The van der Waals surface area contributed by atoms with Crippen molar-refractivity contribution in [2.75, 3.05) is 18.4 Å². The van der Waals surface area contributed by atoms with Crippen molar-refractivity contribution < 1.29 is 17.6 Å². The topological polar surface area (TPSA) is 105 Å². The van der Waals surface area contributed by atoms with Gasteiger partial charge in [0.1, 0.15) is 4.21 Å². The molecule has 0 aliphatic carbocycles. The van der Waals surface area contributed by atoms with Crippen molar-refractivity contribution in [1.82, 2.24) is 14.5 Å². The van der Waals surface area contributed by atoms with Crippen molar-refractivity contribution >= 4 is 45.0 Å². The van der Waals surface area contributed by atoms with Gasteiger partial charge >= 0.3 is 6.01 Å². The first-order valence-corrected chi connectivity index (χ1v) is 12.7. The zero-order valence-corrected chi connectivity index (χ0v) is 18.4. The summed E-state index contributed by atoms with van der Waals surface area (Å²) in [6.45, 7) is 0.544. The molecule has 1 aromatic carbocycles. The van der Waals surface area contributed by atoms with Gasteiger partial charge in [-0.25, -0.2) is 8.42 Å². The standard InChI is InChI=1S/C19H20N4O4S3/c24-18(14-6-4-10-23(12-14)30(25,26)17-9-5-11-28-17)20-19-22-21-16(27-19)13-29-15-7-2-1-3-8-15/h1-3,5,7-9,11,14H,4,6,10,12-13H2,(H,20,22,24)/t14-/m0/s1. The molecule has 158 valence electrons. The fourth-order valence-electron chi connectivity index (χ4n) is 3.14. The Hall–Kier alpha value is -2.21. The maximum Gasteiger partial charge on any atom is 0.322 e. The van der Waals surface area contributed by atoms with E-state index in [2.05, 4.69) is 15.5 Å². The van der Waals surface area contributed by atoms with Crippen LogP contribution >= 0.6 is 23.1 Å². The lowest BCUT2D eigenvalue weighted by Gasteiger charge is -2.30. The molecule has 1 saturated heterocycles. The summed E-state index contributed by atoms with van der Waals surface area (Å²) in [7, 11) is -3.57. The average Bonchev–Trinajstić information content (AvgIpc) is 3.46. The Morgan fingerprint density at radius 1 is 1.23 bits per heavy atom. The molecule has 1 atom stereocenters. The lowest BCUT2D eigenvalue weighted by Crippen LogP contribution is -2.43. The summed E-state index contributed by atoms with van der Waals surface area (Å²) in [6, 6.07) is 13.1. The number of anilines is 1. The fourth-order valence-corrected chi connectivity index (χ4v) is 6.57. The Morgan fingerprint density at radius 2 is 2.07 bits per heavy atom. The van der Waals surface area contributed by atoms with Crippen LogP contribution in [0.2, 0.25) is 0 Å². The molecule has 0 radical (unpaired) electrons. The normalized spacial score (nSPS) is 17.7. The van der Waals surface area contributed by atoms with Crippen LogP contribution in [0.4, 0.5) is 6.01 Å². The van der Waals surface area contributed by atoms with Gasteiger partial charge in [-0.05, 0) is 36.4 Å². The molecule has 1 amide bonds. The van der Waals surface area contributed by atoms with Gasteiger partial charge in [0.15, 0.2) is 0 Å². The maximum absolute atomic E-state index is 12.7. The van der Waals surface area contributed by atoms with Crippen LogP contribution in [0.3, 0.4) is 0 Å². The molecular weight excluding hydrogens is 444 g/mol. The first-order valence-electron chi connectivity index (χ1n) is 9.37. The van der Waals surface area contributed by atoms with Crippen molar-refractivity contribution in [2.45, 2.75) is 27.7 Å². The summed E-state index contributed by atoms with van der Waals surface area (Å²) in [5, 5.41) is 12.2. The molecule has 0 saturated carbocycles. The summed E-state index contributed by atoms with van der Waals surface area (Å²) in [4.78, 5) is 13.7. The number of hydrogen-bond donors (Lipinski definition) is 1. The number of rotatable bonds is 7. The number of nitrogens with zero attached hydrogens (tertiary/aromatic N) is 3. The first kappa shape index (κ1) is 21.0. The SMILES string of the molecule is O=C(Nc1nnc(CSc2ccccc2)o1)[C@H]1CCCN(S(=O)(=O)c2cccs2)C1. The number of carbonyl (C=O) groups excluding carboxylic acids is 1. The van der Waals surface area contributed by atoms with E-state index in [1.54, 1.807) is 29.3 Å². The quantitative estimate of drug-likeness (QED) is 0.534. The molecule has 8 nitrogen and oxygen atoms in total. The summed E-state index contributed by atoms with van der Waals surface area (Å²) in [5.41, 5.74) is 0. The van der Waals surface area contributed by atoms with Crippen LogP contribution in [-0.4, -0.2) is 41.9 Å². The second-order valence-corrected chi connectivity index (χ2v) is 10.9. The number of hydrogen-bond acceptors (Lipinski definition) is 8. The Balaban J connectivity index is 1.34. The van der Waals surface area contributed by atoms with Crippen LogP contribution in [0.5, 0.6) is 0 Å². The van der Waals surface area contributed by atoms with Gasteiger partial charge < -0.3 is 4.42 Å². The summed E-state index contributed by atoms with van der Waals surface area (Å²) in [5.74, 6) is 0.114. The van der Waals surface area contributed by atoms with E-state index >= 15 is 0 Å². The number of sulfonamides is 1. The zero-order valence-electron chi connectivity index (χ0n) is 15.9. The molecule has 0 unspecified atom stereocenters. The minimum Gasteiger partial charge on any atom is -0.407 e. The van der Waals surface area contributed by atoms with Gasteiger partial charge in [-0.15, -0.1) is 28.2 Å². The van der Waals surface area contributed by atoms with E-state index in [9.17, 15) is 13.2 Å². The number of nitrogens with one attached hydrogen (secondary N) is 1. The zero-order chi connectivity index (χ0) is 21.0. The maximum atomic E-state index is 12.7. The average molecular weight is 465 g/mol. The van der Waals surface area contributed by atoms with Crippen LogP contribution in [0, 0.1) is 5.92 Å². The summed E-state index contributed by atoms with van der Waals surface area (Å²) >= 11 is 2.73. The number of aromatic nitrogens is 2. The highest BCUT2D eigenvalue weighted by Crippen LogP contribution is 2.27. The van der Waals surface area contributed by atoms with Crippen LogP contribution in [0.15, 0.2) is 61.4 Å². The second-order valence-electron chi connectivity index (χ2n) is 6.73. The Bertz CT molecular complexity index is 1080. The third-order valence-electron chi connectivity index (χ3n) is 4.65. The lowest BCUT2D eigenvalue weighted by molar-refractivity contribution is -0.121. The first-order chi connectivity index (χ1) is 14.5. The molecule has 30 heavy (non-hydrogen) atoms. The van der Waals surface area contributed by atoms with Gasteiger partial charge in [0, 0.05) is 18.0 Å². The molecule has 3 heterocycles. The van der Waals surface area contributed by atoms with Crippen molar-refractivity contribution in [3.8, 4) is 0 Å².